The zero-order chi connectivity index (χ0) is 6.85. The molecule has 0 unspecified atom stereocenters. The van der Waals surface area contributed by atoms with Crippen molar-refractivity contribution in [2.75, 3.05) is 5.75 Å². The van der Waals surface area contributed by atoms with E-state index in [1.54, 1.807) is 6.92 Å². The Labute approximate surface area is 58.5 Å². The molecule has 9 heavy (non-hydrogen) atoms. The topological polar surface area (TPSA) is 38.7 Å². The molecule has 0 spiro atoms. The van der Waals surface area contributed by atoms with Crippen LogP contribution in [-0.4, -0.2) is 23.7 Å². The number of rotatable bonds is 1. The first-order chi connectivity index (χ1) is 4.24. The molecular formula is C5H7NO2S. The van der Waals surface area contributed by atoms with Gasteiger partial charge < -0.3 is 4.74 Å². The maximum absolute atomic E-state index is 10.6. The molecule has 0 fully saturated rings. The molecule has 0 N–H and O–H groups in total. The van der Waals surface area contributed by atoms with E-state index < -0.39 is 0 Å². The van der Waals surface area contributed by atoms with Gasteiger partial charge in [0.25, 0.3) is 0 Å². The molecular weight excluding hydrogens is 138 g/mol. The van der Waals surface area contributed by atoms with Gasteiger partial charge in [-0.3, -0.25) is 0 Å². The monoisotopic (exact) mass is 145 g/mol. The van der Waals surface area contributed by atoms with Gasteiger partial charge in [-0.1, -0.05) is 0 Å². The van der Waals surface area contributed by atoms with E-state index in [9.17, 15) is 4.79 Å². The SMILES string of the molecule is CC1=N[C@@H](CS)C(=O)O1. The smallest absolute Gasteiger partial charge is 0.338 e. The highest BCUT2D eigenvalue weighted by Crippen LogP contribution is 2.06. The van der Waals surface area contributed by atoms with E-state index in [1.165, 1.54) is 0 Å². The van der Waals surface area contributed by atoms with Crippen molar-refractivity contribution in [2.24, 2.45) is 4.99 Å². The summed E-state index contributed by atoms with van der Waals surface area (Å²) < 4.78 is 4.63. The van der Waals surface area contributed by atoms with Crippen molar-refractivity contribution in [3.63, 3.8) is 0 Å². The lowest BCUT2D eigenvalue weighted by molar-refractivity contribution is -0.134. The van der Waals surface area contributed by atoms with Crippen LogP contribution in [0.4, 0.5) is 0 Å². The highest BCUT2D eigenvalue weighted by Gasteiger charge is 2.24. The largest absolute Gasteiger partial charge is 0.411 e. The second-order valence-corrected chi connectivity index (χ2v) is 2.13. The second kappa shape index (κ2) is 2.39. The van der Waals surface area contributed by atoms with Crippen molar-refractivity contribution in [1.82, 2.24) is 0 Å². The molecule has 0 bridgehead atoms. The van der Waals surface area contributed by atoms with Crippen molar-refractivity contribution in [2.45, 2.75) is 13.0 Å². The normalized spacial score (nSPS) is 25.8. The highest BCUT2D eigenvalue weighted by atomic mass is 32.1. The van der Waals surface area contributed by atoms with Crippen LogP contribution in [0.1, 0.15) is 6.92 Å². The molecule has 1 aliphatic heterocycles. The molecule has 1 heterocycles. The van der Waals surface area contributed by atoms with Crippen LogP contribution in [0, 0.1) is 0 Å². The molecule has 0 saturated heterocycles. The summed E-state index contributed by atoms with van der Waals surface area (Å²) in [4.78, 5) is 14.5. The average Bonchev–Trinajstić information content (AvgIpc) is 2.10. The van der Waals surface area contributed by atoms with Gasteiger partial charge in [0.15, 0.2) is 11.9 Å². The number of carbonyl (C=O) groups excluding carboxylic acids is 1. The minimum Gasteiger partial charge on any atom is -0.411 e. The molecule has 1 rings (SSSR count). The van der Waals surface area contributed by atoms with Gasteiger partial charge in [0.1, 0.15) is 0 Å². The van der Waals surface area contributed by atoms with Crippen LogP contribution >= 0.6 is 12.6 Å². The third-order valence-electron chi connectivity index (χ3n) is 1.03. The van der Waals surface area contributed by atoms with Crippen molar-refractivity contribution in [3.05, 3.63) is 0 Å². The molecule has 0 saturated carbocycles. The third-order valence-corrected chi connectivity index (χ3v) is 1.38. The zero-order valence-corrected chi connectivity index (χ0v) is 5.89. The maximum atomic E-state index is 10.6. The first-order valence-corrected chi connectivity index (χ1v) is 3.24. The summed E-state index contributed by atoms with van der Waals surface area (Å²) in [7, 11) is 0. The molecule has 1 aliphatic rings. The lowest BCUT2D eigenvalue weighted by Crippen LogP contribution is -2.15. The van der Waals surface area contributed by atoms with Gasteiger partial charge in [0, 0.05) is 12.7 Å². The number of nitrogens with zero attached hydrogens (tertiary/aromatic N) is 1. The van der Waals surface area contributed by atoms with Crippen LogP contribution in [0.2, 0.25) is 0 Å². The molecule has 0 aliphatic carbocycles. The van der Waals surface area contributed by atoms with Crippen molar-refractivity contribution in [3.8, 4) is 0 Å². The van der Waals surface area contributed by atoms with Crippen molar-refractivity contribution >= 4 is 24.5 Å². The Morgan fingerprint density at radius 1 is 1.89 bits per heavy atom. The number of hydrogen-bond acceptors (Lipinski definition) is 4. The van der Waals surface area contributed by atoms with E-state index >= 15 is 0 Å². The fourth-order valence-corrected chi connectivity index (χ4v) is 0.858. The van der Waals surface area contributed by atoms with Gasteiger partial charge in [0.2, 0.25) is 0 Å². The summed E-state index contributed by atoms with van der Waals surface area (Å²) in [6, 6.07) is -0.367. The number of carbonyl (C=O) groups is 1. The van der Waals surface area contributed by atoms with Crippen LogP contribution in [0.3, 0.4) is 0 Å². The summed E-state index contributed by atoms with van der Waals surface area (Å²) in [5.74, 6) is 0.581. The lowest BCUT2D eigenvalue weighted by Gasteiger charge is -1.93. The van der Waals surface area contributed by atoms with E-state index in [0.29, 0.717) is 11.7 Å². The standard InChI is InChI=1S/C5H7NO2S/c1-3-6-4(2-9)5(7)8-3/h4,9H,2H2,1H3/t4-/m0/s1. The minimum absolute atomic E-state index is 0.289. The number of cyclic esters (lactones) is 1. The Morgan fingerprint density at radius 3 is 2.78 bits per heavy atom. The van der Waals surface area contributed by atoms with Gasteiger partial charge >= 0.3 is 5.97 Å². The molecule has 0 aromatic heterocycles. The number of ether oxygens (including phenoxy) is 1. The van der Waals surface area contributed by atoms with Crippen LogP contribution in [0.15, 0.2) is 4.99 Å². The van der Waals surface area contributed by atoms with Gasteiger partial charge in [-0.2, -0.15) is 12.6 Å². The summed E-state index contributed by atoms with van der Waals surface area (Å²) in [6.07, 6.45) is 0. The summed E-state index contributed by atoms with van der Waals surface area (Å²) in [5, 5.41) is 0. The predicted molar refractivity (Wildman–Crippen MR) is 36.8 cm³/mol. The maximum Gasteiger partial charge on any atom is 0.338 e. The molecule has 50 valence electrons. The molecule has 4 heteroatoms. The number of hydrogen-bond donors (Lipinski definition) is 1. The quantitative estimate of drug-likeness (QED) is 0.424. The molecule has 0 radical (unpaired) electrons. The Hall–Kier alpha value is -0.510. The van der Waals surface area contributed by atoms with Gasteiger partial charge in [-0.25, -0.2) is 9.79 Å². The van der Waals surface area contributed by atoms with Crippen LogP contribution in [0.25, 0.3) is 0 Å². The Bertz CT molecular complexity index is 166. The molecule has 3 nitrogen and oxygen atoms in total. The van der Waals surface area contributed by atoms with E-state index in [1.807, 2.05) is 0 Å². The average molecular weight is 145 g/mol. The Balaban J connectivity index is 2.64. The van der Waals surface area contributed by atoms with Gasteiger partial charge in [-0.15, -0.1) is 0 Å². The fraction of sp³-hybridized carbons (Fsp3) is 0.600. The van der Waals surface area contributed by atoms with Crippen molar-refractivity contribution < 1.29 is 9.53 Å². The number of esters is 1. The van der Waals surface area contributed by atoms with Crippen LogP contribution in [-0.2, 0) is 9.53 Å². The fourth-order valence-electron chi connectivity index (χ4n) is 0.627. The van der Waals surface area contributed by atoms with Crippen LogP contribution < -0.4 is 0 Å². The van der Waals surface area contributed by atoms with Gasteiger partial charge in [-0.05, 0) is 0 Å². The van der Waals surface area contributed by atoms with E-state index in [4.69, 9.17) is 0 Å². The summed E-state index contributed by atoms with van der Waals surface area (Å²) in [6.45, 7) is 1.65. The van der Waals surface area contributed by atoms with Crippen molar-refractivity contribution in [1.29, 1.82) is 0 Å². The van der Waals surface area contributed by atoms with E-state index in [-0.39, 0.29) is 12.0 Å². The molecule has 0 aromatic rings. The van der Waals surface area contributed by atoms with E-state index in [2.05, 4.69) is 22.4 Å². The summed E-state index contributed by atoms with van der Waals surface area (Å²) in [5.41, 5.74) is 0. The lowest BCUT2D eigenvalue weighted by atomic mass is 10.4. The first kappa shape index (κ1) is 6.61. The van der Waals surface area contributed by atoms with Gasteiger partial charge in [0.05, 0.1) is 0 Å². The number of aliphatic imine (C=N–C) groups is 1. The first-order valence-electron chi connectivity index (χ1n) is 2.61. The molecule has 1 atom stereocenters. The number of thiol groups is 1. The van der Waals surface area contributed by atoms with E-state index in [0.717, 1.165) is 0 Å². The van der Waals surface area contributed by atoms with Crippen LogP contribution in [0.5, 0.6) is 0 Å². The molecule has 0 aromatic carbocycles. The second-order valence-electron chi connectivity index (χ2n) is 1.77. The Morgan fingerprint density at radius 2 is 2.56 bits per heavy atom. The Kier molecular flexibility index (Phi) is 1.75. The summed E-state index contributed by atoms with van der Waals surface area (Å²) >= 11 is 3.91. The third kappa shape index (κ3) is 1.24. The predicted octanol–water partition coefficient (Wildman–Crippen LogP) is 0.260. The minimum atomic E-state index is -0.367. The molecule has 0 amide bonds. The highest BCUT2D eigenvalue weighted by molar-refractivity contribution is 7.80. The zero-order valence-electron chi connectivity index (χ0n) is 5.00.